The second kappa shape index (κ2) is 7.98. The van der Waals surface area contributed by atoms with Crippen molar-refractivity contribution in [2.45, 2.75) is 19.3 Å². The molecule has 2 aromatic heterocycles. The molecule has 1 aliphatic heterocycles. The number of amides is 2. The zero-order valence-electron chi connectivity index (χ0n) is 16.6. The summed E-state index contributed by atoms with van der Waals surface area (Å²) in [5.74, 6) is 3.27. The zero-order chi connectivity index (χ0) is 20.4. The van der Waals surface area contributed by atoms with Crippen molar-refractivity contribution < 1.29 is 14.3 Å². The number of piperidine rings is 1. The summed E-state index contributed by atoms with van der Waals surface area (Å²) in [5, 5.41) is 11.8. The number of nitrogens with two attached hydrogens (primary N) is 1. The van der Waals surface area contributed by atoms with Gasteiger partial charge in [-0.15, -0.1) is 10.2 Å². The van der Waals surface area contributed by atoms with Crippen LogP contribution in [0.15, 0.2) is 18.5 Å². The van der Waals surface area contributed by atoms with Crippen LogP contribution in [0.5, 0.6) is 11.5 Å². The summed E-state index contributed by atoms with van der Waals surface area (Å²) in [5.41, 5.74) is 6.06. The molecule has 0 radical (unpaired) electrons. The van der Waals surface area contributed by atoms with Gasteiger partial charge >= 0.3 is 6.03 Å². The van der Waals surface area contributed by atoms with E-state index in [9.17, 15) is 4.79 Å². The van der Waals surface area contributed by atoms with Crippen molar-refractivity contribution in [3.05, 3.63) is 18.5 Å². The van der Waals surface area contributed by atoms with Gasteiger partial charge in [-0.3, -0.25) is 4.40 Å². The number of benzene rings is 1. The smallest absolute Gasteiger partial charge is 0.312 e. The number of hydrogen-bond donors (Lipinski definition) is 2. The Bertz CT molecular complexity index is 1030. The fourth-order valence-corrected chi connectivity index (χ4v) is 3.95. The Labute approximate surface area is 168 Å². The van der Waals surface area contributed by atoms with Crippen LogP contribution in [0.3, 0.4) is 0 Å². The standard InChI is InChI=1S/C19H25N7O3/c1-28-15-9-13-14(10-16(15)29-2)26-11-22-24-19(26)23-17(13)25-7-4-12(5-8-25)3-6-21-18(20)27/h9-12H,3-8H2,1-2H3,(H3,20,21,27). The summed E-state index contributed by atoms with van der Waals surface area (Å²) < 4.78 is 12.8. The fourth-order valence-electron chi connectivity index (χ4n) is 3.95. The number of aromatic nitrogens is 4. The van der Waals surface area contributed by atoms with Crippen molar-refractivity contribution in [1.82, 2.24) is 24.9 Å². The van der Waals surface area contributed by atoms with Gasteiger partial charge in [0, 0.05) is 31.1 Å². The molecule has 10 nitrogen and oxygen atoms in total. The Morgan fingerprint density at radius 1 is 1.24 bits per heavy atom. The third-order valence-corrected chi connectivity index (χ3v) is 5.50. The molecule has 10 heteroatoms. The van der Waals surface area contributed by atoms with Gasteiger partial charge in [-0.05, 0) is 31.2 Å². The molecule has 0 bridgehead atoms. The van der Waals surface area contributed by atoms with Gasteiger partial charge in [0.15, 0.2) is 11.5 Å². The van der Waals surface area contributed by atoms with Crippen LogP contribution >= 0.6 is 0 Å². The van der Waals surface area contributed by atoms with Crippen molar-refractivity contribution in [1.29, 1.82) is 0 Å². The minimum absolute atomic E-state index is 0.468. The number of nitrogens with one attached hydrogen (secondary N) is 1. The van der Waals surface area contributed by atoms with Gasteiger partial charge in [0.2, 0.25) is 0 Å². The highest BCUT2D eigenvalue weighted by Gasteiger charge is 2.24. The van der Waals surface area contributed by atoms with Crippen LogP contribution in [-0.2, 0) is 0 Å². The topological polar surface area (TPSA) is 120 Å². The SMILES string of the molecule is COc1cc2c(N3CCC(CCNC(N)=O)CC3)nc3nncn3c2cc1OC. The fraction of sp³-hybridized carbons (Fsp3) is 0.474. The number of fused-ring (bicyclic) bond motifs is 3. The molecule has 0 saturated carbocycles. The van der Waals surface area contributed by atoms with Crippen LogP contribution in [0.1, 0.15) is 19.3 Å². The predicted molar refractivity (Wildman–Crippen MR) is 109 cm³/mol. The average Bonchev–Trinajstić information content (AvgIpc) is 3.21. The van der Waals surface area contributed by atoms with Gasteiger partial charge in [0.1, 0.15) is 12.1 Å². The van der Waals surface area contributed by atoms with Crippen LogP contribution in [0.25, 0.3) is 16.7 Å². The number of urea groups is 1. The van der Waals surface area contributed by atoms with E-state index in [2.05, 4.69) is 20.4 Å². The minimum atomic E-state index is -0.468. The molecule has 1 fully saturated rings. The van der Waals surface area contributed by atoms with E-state index in [1.165, 1.54) is 0 Å². The van der Waals surface area contributed by atoms with Gasteiger partial charge in [-0.2, -0.15) is 4.98 Å². The molecule has 3 heterocycles. The van der Waals surface area contributed by atoms with Gasteiger partial charge < -0.3 is 25.4 Å². The van der Waals surface area contributed by atoms with Crippen molar-refractivity contribution in [2.24, 2.45) is 11.7 Å². The molecular formula is C19H25N7O3. The molecule has 1 saturated heterocycles. The number of anilines is 1. The molecule has 154 valence electrons. The molecule has 0 aliphatic carbocycles. The number of carbonyl (C=O) groups is 1. The lowest BCUT2D eigenvalue weighted by Gasteiger charge is -2.33. The quantitative estimate of drug-likeness (QED) is 0.645. The lowest BCUT2D eigenvalue weighted by Crippen LogP contribution is -2.36. The van der Waals surface area contributed by atoms with E-state index in [1.54, 1.807) is 20.5 Å². The summed E-state index contributed by atoms with van der Waals surface area (Å²) in [7, 11) is 3.24. The molecule has 3 aromatic rings. The summed E-state index contributed by atoms with van der Waals surface area (Å²) in [6, 6.07) is 3.42. The lowest BCUT2D eigenvalue weighted by molar-refractivity contribution is 0.247. The molecule has 4 rings (SSSR count). The van der Waals surface area contributed by atoms with Gasteiger partial charge in [-0.25, -0.2) is 4.79 Å². The molecule has 1 aliphatic rings. The molecular weight excluding hydrogens is 374 g/mol. The Balaban J connectivity index is 1.64. The van der Waals surface area contributed by atoms with Crippen LogP contribution in [0, 0.1) is 5.92 Å². The van der Waals surface area contributed by atoms with Gasteiger partial charge in [0.25, 0.3) is 5.78 Å². The van der Waals surface area contributed by atoms with Crippen LogP contribution in [-0.4, -0.2) is 59.5 Å². The van der Waals surface area contributed by atoms with Gasteiger partial charge in [0.05, 0.1) is 19.7 Å². The van der Waals surface area contributed by atoms with Crippen LogP contribution in [0.4, 0.5) is 10.6 Å². The molecule has 2 amide bonds. The van der Waals surface area contributed by atoms with E-state index in [0.29, 0.717) is 29.7 Å². The first-order valence-electron chi connectivity index (χ1n) is 9.64. The highest BCUT2D eigenvalue weighted by molar-refractivity contribution is 5.94. The Kier molecular flexibility index (Phi) is 5.24. The maximum Gasteiger partial charge on any atom is 0.312 e. The first-order valence-corrected chi connectivity index (χ1v) is 9.64. The number of nitrogens with zero attached hydrogens (tertiary/aromatic N) is 5. The summed E-state index contributed by atoms with van der Waals surface area (Å²) in [6.07, 6.45) is 4.63. The maximum atomic E-state index is 10.8. The lowest BCUT2D eigenvalue weighted by atomic mass is 9.93. The highest BCUT2D eigenvalue weighted by Crippen LogP contribution is 2.37. The summed E-state index contributed by atoms with van der Waals surface area (Å²) in [4.78, 5) is 17.9. The Morgan fingerprint density at radius 2 is 1.97 bits per heavy atom. The van der Waals surface area contributed by atoms with Gasteiger partial charge in [-0.1, -0.05) is 0 Å². The number of methoxy groups -OCH3 is 2. The molecule has 0 spiro atoms. The van der Waals surface area contributed by atoms with E-state index in [4.69, 9.17) is 20.2 Å². The number of rotatable bonds is 6. The predicted octanol–water partition coefficient (Wildman–Crippen LogP) is 1.57. The highest BCUT2D eigenvalue weighted by atomic mass is 16.5. The van der Waals surface area contributed by atoms with Crippen LogP contribution in [0.2, 0.25) is 0 Å². The Hall–Kier alpha value is -3.30. The molecule has 0 unspecified atom stereocenters. The van der Waals surface area contributed by atoms with Crippen molar-refractivity contribution >= 4 is 28.5 Å². The normalized spacial score (nSPS) is 15.0. The zero-order valence-corrected chi connectivity index (χ0v) is 16.6. The maximum absolute atomic E-state index is 10.8. The summed E-state index contributed by atoms with van der Waals surface area (Å²) in [6.45, 7) is 2.37. The second-order valence-electron chi connectivity index (χ2n) is 7.17. The molecule has 1 aromatic carbocycles. The number of primary amides is 1. The third kappa shape index (κ3) is 3.69. The van der Waals surface area contributed by atoms with Crippen LogP contribution < -0.4 is 25.4 Å². The van der Waals surface area contributed by atoms with Crippen molar-refractivity contribution in [2.75, 3.05) is 38.8 Å². The minimum Gasteiger partial charge on any atom is -0.493 e. The molecule has 3 N–H and O–H groups in total. The van der Waals surface area contributed by atoms with E-state index in [-0.39, 0.29) is 0 Å². The Morgan fingerprint density at radius 3 is 2.66 bits per heavy atom. The van der Waals surface area contributed by atoms with Crippen molar-refractivity contribution in [3.8, 4) is 11.5 Å². The van der Waals surface area contributed by atoms with E-state index in [1.807, 2.05) is 16.5 Å². The van der Waals surface area contributed by atoms with E-state index in [0.717, 1.165) is 49.1 Å². The number of ether oxygens (including phenoxy) is 2. The van der Waals surface area contributed by atoms with Crippen molar-refractivity contribution in [3.63, 3.8) is 0 Å². The monoisotopic (exact) mass is 399 g/mol. The van der Waals surface area contributed by atoms with E-state index < -0.39 is 6.03 Å². The first kappa shape index (κ1) is 19.0. The summed E-state index contributed by atoms with van der Waals surface area (Å²) >= 11 is 0. The first-order chi connectivity index (χ1) is 14.1. The average molecular weight is 399 g/mol. The molecule has 0 atom stereocenters. The largest absolute Gasteiger partial charge is 0.493 e. The molecule has 29 heavy (non-hydrogen) atoms. The number of hydrogen-bond acceptors (Lipinski definition) is 7. The third-order valence-electron chi connectivity index (χ3n) is 5.50. The number of carbonyl (C=O) groups excluding carboxylic acids is 1. The van der Waals surface area contributed by atoms with E-state index >= 15 is 0 Å². The second-order valence-corrected chi connectivity index (χ2v) is 7.17.